The molecule has 1 aromatic carbocycles. The van der Waals surface area contributed by atoms with Gasteiger partial charge >= 0.3 is 0 Å². The summed E-state index contributed by atoms with van der Waals surface area (Å²) in [5.74, 6) is 2.47. The topological polar surface area (TPSA) is 18.5 Å². The maximum Gasteiger partial charge on any atom is 0.161 e. The van der Waals surface area contributed by atoms with Crippen LogP contribution < -0.4 is 9.47 Å². The minimum absolute atomic E-state index is 0.676. The fraction of sp³-hybridized carbons (Fsp3) is 0.538. The van der Waals surface area contributed by atoms with Crippen LogP contribution in [0.1, 0.15) is 25.8 Å². The molecule has 82 valence electrons. The second-order valence-corrected chi connectivity index (χ2v) is 4.43. The lowest BCUT2D eigenvalue weighted by Crippen LogP contribution is -1.97. The van der Waals surface area contributed by atoms with Gasteiger partial charge in [-0.15, -0.1) is 0 Å². The molecular weight excluding hydrogens is 188 g/mol. The van der Waals surface area contributed by atoms with E-state index in [0.29, 0.717) is 5.92 Å². The van der Waals surface area contributed by atoms with Crippen molar-refractivity contribution >= 4 is 0 Å². The Balaban J connectivity index is 2.20. The van der Waals surface area contributed by atoms with E-state index in [-0.39, 0.29) is 0 Å². The van der Waals surface area contributed by atoms with E-state index in [1.54, 1.807) is 0 Å². The molecule has 1 aromatic rings. The quantitative estimate of drug-likeness (QED) is 0.740. The molecule has 0 aliphatic carbocycles. The summed E-state index contributed by atoms with van der Waals surface area (Å²) in [5, 5.41) is 0. The Morgan fingerprint density at radius 2 is 1.87 bits per heavy atom. The first-order valence-corrected chi connectivity index (χ1v) is 5.64. The standard InChI is InChI=1S/C13H18O2/c1-10(2)8-11-4-5-12-13(9-11)15-7-3-6-14-12/h4-5,9-10H,3,6-8H2,1-2H3. The van der Waals surface area contributed by atoms with Crippen molar-refractivity contribution in [2.75, 3.05) is 13.2 Å². The van der Waals surface area contributed by atoms with E-state index in [1.165, 1.54) is 5.56 Å². The summed E-state index contributed by atoms with van der Waals surface area (Å²) < 4.78 is 11.2. The SMILES string of the molecule is CC(C)Cc1ccc2c(c1)OCCCO2. The van der Waals surface area contributed by atoms with Gasteiger partial charge in [-0.1, -0.05) is 19.9 Å². The van der Waals surface area contributed by atoms with Crippen LogP contribution >= 0.6 is 0 Å². The van der Waals surface area contributed by atoms with E-state index in [2.05, 4.69) is 26.0 Å². The molecule has 0 atom stereocenters. The van der Waals surface area contributed by atoms with Gasteiger partial charge in [-0.2, -0.15) is 0 Å². The van der Waals surface area contributed by atoms with Crippen LogP contribution in [0.25, 0.3) is 0 Å². The molecule has 0 radical (unpaired) electrons. The maximum atomic E-state index is 5.65. The van der Waals surface area contributed by atoms with Gasteiger partial charge in [0.05, 0.1) is 13.2 Å². The van der Waals surface area contributed by atoms with Crippen LogP contribution in [0, 0.1) is 5.92 Å². The van der Waals surface area contributed by atoms with Crippen LogP contribution in [0.3, 0.4) is 0 Å². The molecule has 2 rings (SSSR count). The van der Waals surface area contributed by atoms with Crippen LogP contribution in [0.4, 0.5) is 0 Å². The summed E-state index contributed by atoms with van der Waals surface area (Å²) in [5.41, 5.74) is 1.33. The number of benzene rings is 1. The summed E-state index contributed by atoms with van der Waals surface area (Å²) in [7, 11) is 0. The van der Waals surface area contributed by atoms with E-state index in [1.807, 2.05) is 6.07 Å². The van der Waals surface area contributed by atoms with Gasteiger partial charge in [0.25, 0.3) is 0 Å². The highest BCUT2D eigenvalue weighted by molar-refractivity contribution is 5.43. The molecule has 0 bridgehead atoms. The second-order valence-electron chi connectivity index (χ2n) is 4.43. The number of hydrogen-bond donors (Lipinski definition) is 0. The Morgan fingerprint density at radius 3 is 2.60 bits per heavy atom. The second kappa shape index (κ2) is 4.56. The third-order valence-electron chi connectivity index (χ3n) is 2.46. The third kappa shape index (κ3) is 2.65. The van der Waals surface area contributed by atoms with Crippen molar-refractivity contribution < 1.29 is 9.47 Å². The first kappa shape index (κ1) is 10.3. The molecular formula is C13H18O2. The minimum atomic E-state index is 0.676. The largest absolute Gasteiger partial charge is 0.490 e. The van der Waals surface area contributed by atoms with Gasteiger partial charge in [0.15, 0.2) is 11.5 Å². The monoisotopic (exact) mass is 206 g/mol. The summed E-state index contributed by atoms with van der Waals surface area (Å²) in [6, 6.07) is 6.27. The third-order valence-corrected chi connectivity index (χ3v) is 2.46. The highest BCUT2D eigenvalue weighted by Crippen LogP contribution is 2.30. The fourth-order valence-corrected chi connectivity index (χ4v) is 1.81. The van der Waals surface area contributed by atoms with Gasteiger partial charge < -0.3 is 9.47 Å². The minimum Gasteiger partial charge on any atom is -0.490 e. The predicted molar refractivity (Wildman–Crippen MR) is 60.6 cm³/mol. The molecule has 1 aliphatic rings. The molecule has 0 unspecified atom stereocenters. The van der Waals surface area contributed by atoms with Crippen molar-refractivity contribution in [1.82, 2.24) is 0 Å². The summed E-state index contributed by atoms with van der Waals surface area (Å²) in [6.45, 7) is 5.97. The molecule has 0 spiro atoms. The van der Waals surface area contributed by atoms with Crippen LogP contribution in [-0.4, -0.2) is 13.2 Å². The molecule has 2 heteroatoms. The number of rotatable bonds is 2. The maximum absolute atomic E-state index is 5.65. The molecule has 0 fully saturated rings. The molecule has 0 saturated heterocycles. The van der Waals surface area contributed by atoms with Gasteiger partial charge in [0, 0.05) is 6.42 Å². The highest BCUT2D eigenvalue weighted by atomic mass is 16.5. The average molecular weight is 206 g/mol. The van der Waals surface area contributed by atoms with Gasteiger partial charge in [-0.3, -0.25) is 0 Å². The average Bonchev–Trinajstić information content (AvgIpc) is 2.41. The van der Waals surface area contributed by atoms with Crippen molar-refractivity contribution in [1.29, 1.82) is 0 Å². The van der Waals surface area contributed by atoms with Crippen molar-refractivity contribution in [3.63, 3.8) is 0 Å². The zero-order valence-corrected chi connectivity index (χ0v) is 9.45. The lowest BCUT2D eigenvalue weighted by molar-refractivity contribution is 0.297. The molecule has 1 aliphatic heterocycles. The van der Waals surface area contributed by atoms with Crippen molar-refractivity contribution in [3.8, 4) is 11.5 Å². The van der Waals surface area contributed by atoms with E-state index >= 15 is 0 Å². The zero-order valence-electron chi connectivity index (χ0n) is 9.45. The van der Waals surface area contributed by atoms with E-state index in [9.17, 15) is 0 Å². The summed E-state index contributed by atoms with van der Waals surface area (Å²) in [6.07, 6.45) is 2.06. The molecule has 1 heterocycles. The zero-order chi connectivity index (χ0) is 10.7. The fourth-order valence-electron chi connectivity index (χ4n) is 1.81. The first-order valence-electron chi connectivity index (χ1n) is 5.64. The molecule has 0 saturated carbocycles. The first-order chi connectivity index (χ1) is 7.25. The van der Waals surface area contributed by atoms with Crippen molar-refractivity contribution in [2.45, 2.75) is 26.7 Å². The molecule has 0 amide bonds. The van der Waals surface area contributed by atoms with E-state index in [0.717, 1.165) is 37.6 Å². The number of fused-ring (bicyclic) bond motifs is 1. The normalized spacial score (nSPS) is 15.1. The van der Waals surface area contributed by atoms with Gasteiger partial charge in [-0.05, 0) is 30.0 Å². The van der Waals surface area contributed by atoms with Crippen LogP contribution in [0.2, 0.25) is 0 Å². The van der Waals surface area contributed by atoms with Crippen LogP contribution in [0.15, 0.2) is 18.2 Å². The van der Waals surface area contributed by atoms with E-state index in [4.69, 9.17) is 9.47 Å². The predicted octanol–water partition coefficient (Wildman–Crippen LogP) is 3.05. The number of ether oxygens (including phenoxy) is 2. The molecule has 15 heavy (non-hydrogen) atoms. The van der Waals surface area contributed by atoms with Crippen LogP contribution in [0.5, 0.6) is 11.5 Å². The Labute approximate surface area is 91.2 Å². The molecule has 0 N–H and O–H groups in total. The number of hydrogen-bond acceptors (Lipinski definition) is 2. The highest BCUT2D eigenvalue weighted by Gasteiger charge is 2.10. The Kier molecular flexibility index (Phi) is 3.14. The summed E-state index contributed by atoms with van der Waals surface area (Å²) >= 11 is 0. The Bertz CT molecular complexity index is 331. The molecule has 0 aromatic heterocycles. The smallest absolute Gasteiger partial charge is 0.161 e. The van der Waals surface area contributed by atoms with Gasteiger partial charge in [0.1, 0.15) is 0 Å². The Hall–Kier alpha value is -1.18. The van der Waals surface area contributed by atoms with E-state index < -0.39 is 0 Å². The van der Waals surface area contributed by atoms with Gasteiger partial charge in [0.2, 0.25) is 0 Å². The lowest BCUT2D eigenvalue weighted by Gasteiger charge is -2.10. The van der Waals surface area contributed by atoms with Crippen molar-refractivity contribution in [2.24, 2.45) is 5.92 Å². The summed E-state index contributed by atoms with van der Waals surface area (Å²) in [4.78, 5) is 0. The Morgan fingerprint density at radius 1 is 1.13 bits per heavy atom. The van der Waals surface area contributed by atoms with Crippen LogP contribution in [-0.2, 0) is 6.42 Å². The van der Waals surface area contributed by atoms with Crippen molar-refractivity contribution in [3.05, 3.63) is 23.8 Å². The van der Waals surface area contributed by atoms with Gasteiger partial charge in [-0.25, -0.2) is 0 Å². The molecule has 2 nitrogen and oxygen atoms in total. The lowest BCUT2D eigenvalue weighted by atomic mass is 10.0.